The summed E-state index contributed by atoms with van der Waals surface area (Å²) < 4.78 is 7.68. The fraction of sp³-hybridized carbons (Fsp3) is 0.381. The lowest BCUT2D eigenvalue weighted by molar-refractivity contribution is 0.133. The quantitative estimate of drug-likeness (QED) is 0.191. The largest absolute Gasteiger partial charge is 0.381 e. The number of hydrogen-bond donors (Lipinski definition) is 2. The molecular weight excluding hydrogens is 479 g/mol. The number of unbranched alkanes of at least 4 members (excludes halogenated alkanes) is 1. The summed E-state index contributed by atoms with van der Waals surface area (Å²) in [4.78, 5) is 4.25. The van der Waals surface area contributed by atoms with Gasteiger partial charge in [0.15, 0.2) is 17.4 Å². The first-order chi connectivity index (χ1) is 13.9. The SMILES string of the molecule is CN=C(NCCCCOCCc1ccccc1)NCc1nnc2ccccn12.I. The first kappa shape index (κ1) is 23.1. The molecule has 0 bridgehead atoms. The zero-order valence-electron chi connectivity index (χ0n) is 16.8. The summed E-state index contributed by atoms with van der Waals surface area (Å²) in [6.45, 7) is 2.97. The molecule has 0 saturated carbocycles. The van der Waals surface area contributed by atoms with Gasteiger partial charge in [0.1, 0.15) is 0 Å². The Bertz CT molecular complexity index is 868. The van der Waals surface area contributed by atoms with Crippen molar-refractivity contribution in [2.24, 2.45) is 4.99 Å². The second-order valence-electron chi connectivity index (χ2n) is 6.45. The monoisotopic (exact) mass is 508 g/mol. The third-order valence-electron chi connectivity index (χ3n) is 4.41. The van der Waals surface area contributed by atoms with Gasteiger partial charge in [-0.3, -0.25) is 9.39 Å². The van der Waals surface area contributed by atoms with Crippen LogP contribution in [0.15, 0.2) is 59.7 Å². The van der Waals surface area contributed by atoms with Crippen molar-refractivity contribution in [1.29, 1.82) is 0 Å². The van der Waals surface area contributed by atoms with E-state index in [1.54, 1.807) is 7.05 Å². The summed E-state index contributed by atoms with van der Waals surface area (Å²) in [7, 11) is 1.77. The van der Waals surface area contributed by atoms with Crippen LogP contribution in [0.5, 0.6) is 0 Å². The third-order valence-corrected chi connectivity index (χ3v) is 4.41. The lowest BCUT2D eigenvalue weighted by Crippen LogP contribution is -2.37. The zero-order valence-corrected chi connectivity index (χ0v) is 19.1. The predicted octanol–water partition coefficient (Wildman–Crippen LogP) is 3.05. The van der Waals surface area contributed by atoms with E-state index in [4.69, 9.17) is 4.74 Å². The Labute approximate surface area is 189 Å². The molecule has 2 N–H and O–H groups in total. The van der Waals surface area contributed by atoms with Crippen LogP contribution in [0.3, 0.4) is 0 Å². The number of nitrogens with one attached hydrogen (secondary N) is 2. The number of aromatic nitrogens is 3. The Kier molecular flexibility index (Phi) is 10.4. The van der Waals surface area contributed by atoms with E-state index in [1.807, 2.05) is 34.9 Å². The molecule has 0 spiro atoms. The van der Waals surface area contributed by atoms with Crippen LogP contribution in [-0.4, -0.2) is 47.4 Å². The molecule has 156 valence electrons. The second kappa shape index (κ2) is 13.1. The van der Waals surface area contributed by atoms with Crippen molar-refractivity contribution in [1.82, 2.24) is 25.2 Å². The van der Waals surface area contributed by atoms with Gasteiger partial charge >= 0.3 is 0 Å². The molecule has 1 aromatic carbocycles. The number of hydrogen-bond acceptors (Lipinski definition) is 4. The Morgan fingerprint density at radius 1 is 1.00 bits per heavy atom. The van der Waals surface area contributed by atoms with Crippen LogP contribution in [0.25, 0.3) is 5.65 Å². The van der Waals surface area contributed by atoms with E-state index in [0.29, 0.717) is 6.54 Å². The lowest BCUT2D eigenvalue weighted by Gasteiger charge is -2.11. The van der Waals surface area contributed by atoms with Crippen LogP contribution in [0.1, 0.15) is 24.2 Å². The van der Waals surface area contributed by atoms with Gasteiger partial charge in [0.2, 0.25) is 0 Å². The molecule has 29 heavy (non-hydrogen) atoms. The van der Waals surface area contributed by atoms with Gasteiger partial charge in [-0.05, 0) is 37.0 Å². The smallest absolute Gasteiger partial charge is 0.191 e. The number of aliphatic imine (C=N–C) groups is 1. The maximum atomic E-state index is 5.72. The van der Waals surface area contributed by atoms with Gasteiger partial charge < -0.3 is 15.4 Å². The van der Waals surface area contributed by atoms with Crippen LogP contribution in [-0.2, 0) is 17.7 Å². The Morgan fingerprint density at radius 2 is 1.83 bits per heavy atom. The molecule has 0 atom stereocenters. The fourth-order valence-electron chi connectivity index (χ4n) is 2.87. The van der Waals surface area contributed by atoms with Crippen LogP contribution >= 0.6 is 24.0 Å². The Balaban J connectivity index is 0.00000300. The molecule has 7 nitrogen and oxygen atoms in total. The number of ether oxygens (including phenoxy) is 1. The van der Waals surface area contributed by atoms with E-state index in [1.165, 1.54) is 5.56 Å². The normalized spacial score (nSPS) is 11.3. The number of fused-ring (bicyclic) bond motifs is 1. The Morgan fingerprint density at radius 3 is 2.66 bits per heavy atom. The minimum absolute atomic E-state index is 0. The van der Waals surface area contributed by atoms with Crippen LogP contribution in [0.2, 0.25) is 0 Å². The molecule has 8 heteroatoms. The fourth-order valence-corrected chi connectivity index (χ4v) is 2.87. The lowest BCUT2D eigenvalue weighted by atomic mass is 10.2. The summed E-state index contributed by atoms with van der Waals surface area (Å²) in [5.74, 6) is 1.61. The molecule has 0 unspecified atom stereocenters. The molecule has 2 heterocycles. The van der Waals surface area contributed by atoms with Gasteiger partial charge in [-0.25, -0.2) is 0 Å². The third kappa shape index (κ3) is 7.62. The van der Waals surface area contributed by atoms with E-state index in [9.17, 15) is 0 Å². The highest BCUT2D eigenvalue weighted by Gasteiger charge is 2.05. The van der Waals surface area contributed by atoms with Crippen molar-refractivity contribution in [2.45, 2.75) is 25.8 Å². The maximum absolute atomic E-state index is 5.72. The summed E-state index contributed by atoms with van der Waals surface area (Å²) in [6, 6.07) is 16.3. The van der Waals surface area contributed by atoms with Crippen molar-refractivity contribution >= 4 is 35.6 Å². The highest BCUT2D eigenvalue weighted by atomic mass is 127. The highest BCUT2D eigenvalue weighted by molar-refractivity contribution is 14.0. The van der Waals surface area contributed by atoms with E-state index in [0.717, 1.165) is 56.5 Å². The average Bonchev–Trinajstić information content (AvgIpc) is 3.16. The van der Waals surface area contributed by atoms with E-state index >= 15 is 0 Å². The van der Waals surface area contributed by atoms with Crippen LogP contribution in [0, 0.1) is 0 Å². The summed E-state index contributed by atoms with van der Waals surface area (Å²) in [5.41, 5.74) is 2.16. The molecule has 3 rings (SSSR count). The van der Waals surface area contributed by atoms with Crippen molar-refractivity contribution in [3.8, 4) is 0 Å². The van der Waals surface area contributed by atoms with Crippen LogP contribution < -0.4 is 10.6 Å². The Hall–Kier alpha value is -2.20. The van der Waals surface area contributed by atoms with Crippen molar-refractivity contribution < 1.29 is 4.74 Å². The van der Waals surface area contributed by atoms with E-state index in [-0.39, 0.29) is 24.0 Å². The topological polar surface area (TPSA) is 75.8 Å². The number of halogens is 1. The minimum Gasteiger partial charge on any atom is -0.381 e. The van der Waals surface area contributed by atoms with Gasteiger partial charge in [0, 0.05) is 26.4 Å². The average molecular weight is 508 g/mol. The molecule has 0 aliphatic rings. The minimum atomic E-state index is 0. The molecule has 0 aliphatic heterocycles. The second-order valence-corrected chi connectivity index (χ2v) is 6.45. The van der Waals surface area contributed by atoms with Gasteiger partial charge in [-0.15, -0.1) is 34.2 Å². The standard InChI is InChI=1S/C21H28N6O.HI/c1-22-21(24-17-20-26-25-19-11-5-7-14-27(19)20)23-13-6-8-15-28-16-12-18-9-3-2-4-10-18;/h2-5,7,9-11,14H,6,8,12-13,15-17H2,1H3,(H2,22,23,24);1H. The maximum Gasteiger partial charge on any atom is 0.191 e. The number of benzene rings is 1. The highest BCUT2D eigenvalue weighted by Crippen LogP contribution is 2.02. The number of rotatable bonds is 10. The molecule has 2 aromatic heterocycles. The van der Waals surface area contributed by atoms with Crippen molar-refractivity contribution in [3.63, 3.8) is 0 Å². The van der Waals surface area contributed by atoms with E-state index < -0.39 is 0 Å². The molecule has 0 fully saturated rings. The molecule has 0 aliphatic carbocycles. The molecular formula is C21H29IN6O. The van der Waals surface area contributed by atoms with E-state index in [2.05, 4.69) is 50.1 Å². The zero-order chi connectivity index (χ0) is 19.4. The van der Waals surface area contributed by atoms with Crippen LogP contribution in [0.4, 0.5) is 0 Å². The van der Waals surface area contributed by atoms with Gasteiger partial charge in [-0.2, -0.15) is 0 Å². The van der Waals surface area contributed by atoms with Crippen molar-refractivity contribution in [2.75, 3.05) is 26.8 Å². The molecule has 3 aromatic rings. The van der Waals surface area contributed by atoms with Gasteiger partial charge in [-0.1, -0.05) is 36.4 Å². The van der Waals surface area contributed by atoms with Gasteiger partial charge in [0.25, 0.3) is 0 Å². The number of guanidine groups is 1. The molecule has 0 radical (unpaired) electrons. The summed E-state index contributed by atoms with van der Waals surface area (Å²) in [6.07, 6.45) is 4.97. The first-order valence-electron chi connectivity index (χ1n) is 9.71. The predicted molar refractivity (Wildman–Crippen MR) is 127 cm³/mol. The summed E-state index contributed by atoms with van der Waals surface area (Å²) in [5, 5.41) is 15.0. The number of nitrogens with zero attached hydrogens (tertiary/aromatic N) is 4. The molecule has 0 saturated heterocycles. The van der Waals surface area contributed by atoms with Crippen molar-refractivity contribution in [3.05, 3.63) is 66.1 Å². The summed E-state index contributed by atoms with van der Waals surface area (Å²) >= 11 is 0. The molecule has 0 amide bonds. The van der Waals surface area contributed by atoms with Gasteiger partial charge in [0.05, 0.1) is 13.2 Å². The first-order valence-corrected chi connectivity index (χ1v) is 9.71. The number of pyridine rings is 1.